The Hall–Kier alpha value is -3.36. The summed E-state index contributed by atoms with van der Waals surface area (Å²) in [5, 5.41) is 3.31. The van der Waals surface area contributed by atoms with Crippen molar-refractivity contribution < 1.29 is 18.0 Å². The van der Waals surface area contributed by atoms with Crippen LogP contribution in [0.25, 0.3) is 0 Å². The first kappa shape index (κ1) is 26.7. The van der Waals surface area contributed by atoms with Crippen LogP contribution in [0.3, 0.4) is 0 Å². The fourth-order valence-electron chi connectivity index (χ4n) is 4.28. The minimum atomic E-state index is -4.01. The Morgan fingerprint density at radius 3 is 2.30 bits per heavy atom. The Morgan fingerprint density at radius 1 is 1.00 bits per heavy atom. The van der Waals surface area contributed by atoms with Crippen LogP contribution in [0.2, 0.25) is 5.02 Å². The lowest BCUT2D eigenvalue weighted by Crippen LogP contribution is -2.41. The third-order valence-electron chi connectivity index (χ3n) is 6.38. The van der Waals surface area contributed by atoms with Crippen molar-refractivity contribution in [2.45, 2.75) is 44.7 Å². The number of hydrogen-bond donors (Lipinski definition) is 1. The highest BCUT2D eigenvalue weighted by Crippen LogP contribution is 2.29. The number of carbonyl (C=O) groups excluding carboxylic acids is 2. The number of sulfonamides is 1. The molecule has 4 rings (SSSR count). The number of rotatable bonds is 9. The molecule has 1 fully saturated rings. The number of aryl methyl sites for hydroxylation is 2. The SMILES string of the molecule is Cc1ccc(S(=O)(=O)N(CC(=O)NCc2ccc(CN3CCCC3=O)cc2)c2ccc(Cl)cc2C)cc1. The van der Waals surface area contributed by atoms with Crippen molar-refractivity contribution in [1.82, 2.24) is 10.2 Å². The van der Waals surface area contributed by atoms with Gasteiger partial charge in [-0.25, -0.2) is 8.42 Å². The van der Waals surface area contributed by atoms with Gasteiger partial charge in [-0.1, -0.05) is 53.6 Å². The van der Waals surface area contributed by atoms with Crippen LogP contribution in [0.4, 0.5) is 5.69 Å². The summed E-state index contributed by atoms with van der Waals surface area (Å²) in [4.78, 5) is 26.8. The molecule has 1 N–H and O–H groups in total. The van der Waals surface area contributed by atoms with Gasteiger partial charge in [0.05, 0.1) is 10.6 Å². The average molecular weight is 540 g/mol. The van der Waals surface area contributed by atoms with Gasteiger partial charge in [0, 0.05) is 31.1 Å². The van der Waals surface area contributed by atoms with Crippen molar-refractivity contribution in [2.24, 2.45) is 0 Å². The van der Waals surface area contributed by atoms with Crippen LogP contribution in [0.15, 0.2) is 71.6 Å². The van der Waals surface area contributed by atoms with E-state index in [1.807, 2.05) is 36.1 Å². The number of anilines is 1. The average Bonchev–Trinajstić information content (AvgIpc) is 3.27. The Morgan fingerprint density at radius 2 is 1.68 bits per heavy atom. The smallest absolute Gasteiger partial charge is 0.264 e. The van der Waals surface area contributed by atoms with Crippen LogP contribution < -0.4 is 9.62 Å². The number of benzene rings is 3. The molecule has 3 aromatic carbocycles. The molecule has 1 aliphatic rings. The van der Waals surface area contributed by atoms with Crippen molar-refractivity contribution in [3.63, 3.8) is 0 Å². The first-order valence-electron chi connectivity index (χ1n) is 12.1. The number of hydrogen-bond acceptors (Lipinski definition) is 4. The van der Waals surface area contributed by atoms with E-state index in [1.165, 1.54) is 12.1 Å². The molecule has 1 aliphatic heterocycles. The maximum atomic E-state index is 13.6. The summed E-state index contributed by atoms with van der Waals surface area (Å²) in [6, 6.07) is 19.1. The number of carbonyl (C=O) groups is 2. The predicted molar refractivity (Wildman–Crippen MR) is 145 cm³/mol. The molecule has 9 heteroatoms. The molecule has 0 saturated carbocycles. The van der Waals surface area contributed by atoms with Crippen molar-refractivity contribution in [3.05, 3.63) is 94.0 Å². The molecule has 194 valence electrons. The minimum Gasteiger partial charge on any atom is -0.350 e. The lowest BCUT2D eigenvalue weighted by molar-refractivity contribution is -0.128. The topological polar surface area (TPSA) is 86.8 Å². The van der Waals surface area contributed by atoms with Crippen LogP contribution in [0.1, 0.15) is 35.1 Å². The van der Waals surface area contributed by atoms with Gasteiger partial charge in [-0.3, -0.25) is 13.9 Å². The second-order valence-corrected chi connectivity index (χ2v) is 11.6. The van der Waals surface area contributed by atoms with Gasteiger partial charge in [-0.05, 0) is 67.3 Å². The Bertz CT molecular complexity index is 1390. The van der Waals surface area contributed by atoms with E-state index in [2.05, 4.69) is 5.32 Å². The van der Waals surface area contributed by atoms with Gasteiger partial charge in [0.25, 0.3) is 10.0 Å². The molecule has 2 amide bonds. The lowest BCUT2D eigenvalue weighted by Gasteiger charge is -2.26. The van der Waals surface area contributed by atoms with E-state index < -0.39 is 15.9 Å². The van der Waals surface area contributed by atoms with E-state index in [0.29, 0.717) is 29.2 Å². The monoisotopic (exact) mass is 539 g/mol. The van der Waals surface area contributed by atoms with Gasteiger partial charge in [-0.15, -0.1) is 0 Å². The third-order valence-corrected chi connectivity index (χ3v) is 8.39. The summed E-state index contributed by atoms with van der Waals surface area (Å²) in [6.07, 6.45) is 1.51. The molecule has 1 saturated heterocycles. The largest absolute Gasteiger partial charge is 0.350 e. The van der Waals surface area contributed by atoms with Crippen LogP contribution in [0, 0.1) is 13.8 Å². The molecule has 0 aliphatic carbocycles. The van der Waals surface area contributed by atoms with Crippen LogP contribution >= 0.6 is 11.6 Å². The third kappa shape index (κ3) is 6.50. The predicted octanol–water partition coefficient (Wildman–Crippen LogP) is 4.59. The summed E-state index contributed by atoms with van der Waals surface area (Å²) in [5.74, 6) is -0.255. The van der Waals surface area contributed by atoms with Gasteiger partial charge >= 0.3 is 0 Å². The molecule has 0 aromatic heterocycles. The summed E-state index contributed by atoms with van der Waals surface area (Å²) in [5.41, 5.74) is 3.87. The van der Waals surface area contributed by atoms with E-state index in [0.717, 1.165) is 34.0 Å². The Labute approximate surface area is 223 Å². The second-order valence-electron chi connectivity index (χ2n) is 9.27. The lowest BCUT2D eigenvalue weighted by atomic mass is 10.1. The first-order chi connectivity index (χ1) is 17.6. The van der Waals surface area contributed by atoms with Gasteiger partial charge in [0.2, 0.25) is 11.8 Å². The summed E-state index contributed by atoms with van der Waals surface area (Å²) >= 11 is 6.09. The summed E-state index contributed by atoms with van der Waals surface area (Å²) in [6.45, 7) is 4.87. The zero-order valence-electron chi connectivity index (χ0n) is 20.9. The van der Waals surface area contributed by atoms with E-state index in [1.54, 1.807) is 37.3 Å². The van der Waals surface area contributed by atoms with E-state index >= 15 is 0 Å². The molecule has 1 heterocycles. The number of amides is 2. The Kier molecular flexibility index (Phi) is 8.19. The van der Waals surface area contributed by atoms with Crippen molar-refractivity contribution in [3.8, 4) is 0 Å². The fourth-order valence-corrected chi connectivity index (χ4v) is 5.99. The molecule has 3 aromatic rings. The zero-order valence-corrected chi connectivity index (χ0v) is 22.5. The van der Waals surface area contributed by atoms with E-state index in [-0.39, 0.29) is 23.9 Å². The van der Waals surface area contributed by atoms with Crippen LogP contribution in [-0.4, -0.2) is 38.2 Å². The van der Waals surface area contributed by atoms with E-state index in [9.17, 15) is 18.0 Å². The normalized spacial score (nSPS) is 13.6. The molecular formula is C28H30ClN3O4S. The standard InChI is InChI=1S/C28H30ClN3O4S/c1-20-5-12-25(13-6-20)37(35,36)32(26-14-11-24(29)16-21(26)2)19-27(33)30-17-22-7-9-23(10-8-22)18-31-15-3-4-28(31)34/h5-14,16H,3-4,15,17-19H2,1-2H3,(H,30,33). The van der Waals surface area contributed by atoms with Gasteiger partial charge < -0.3 is 10.2 Å². The number of likely N-dealkylation sites (tertiary alicyclic amines) is 1. The second kappa shape index (κ2) is 11.4. The quantitative estimate of drug-likeness (QED) is 0.431. The molecule has 0 radical (unpaired) electrons. The van der Waals surface area contributed by atoms with Crippen molar-refractivity contribution in [1.29, 1.82) is 0 Å². The van der Waals surface area contributed by atoms with Gasteiger partial charge in [0.1, 0.15) is 6.54 Å². The molecule has 0 spiro atoms. The number of nitrogens with zero attached hydrogens (tertiary/aromatic N) is 2. The minimum absolute atomic E-state index is 0.104. The zero-order chi connectivity index (χ0) is 26.6. The molecule has 37 heavy (non-hydrogen) atoms. The number of nitrogens with one attached hydrogen (secondary N) is 1. The van der Waals surface area contributed by atoms with Crippen molar-refractivity contribution >= 4 is 39.1 Å². The van der Waals surface area contributed by atoms with Gasteiger partial charge in [-0.2, -0.15) is 0 Å². The molecule has 0 atom stereocenters. The number of halogens is 1. The van der Waals surface area contributed by atoms with E-state index in [4.69, 9.17) is 11.6 Å². The molecule has 0 unspecified atom stereocenters. The molecule has 7 nitrogen and oxygen atoms in total. The highest BCUT2D eigenvalue weighted by Gasteiger charge is 2.28. The summed E-state index contributed by atoms with van der Waals surface area (Å²) < 4.78 is 28.3. The van der Waals surface area contributed by atoms with Crippen LogP contribution in [-0.2, 0) is 32.7 Å². The Balaban J connectivity index is 1.47. The highest BCUT2D eigenvalue weighted by atomic mass is 35.5. The summed E-state index contributed by atoms with van der Waals surface area (Å²) in [7, 11) is -4.01. The van der Waals surface area contributed by atoms with Crippen molar-refractivity contribution in [2.75, 3.05) is 17.4 Å². The van der Waals surface area contributed by atoms with Crippen LogP contribution in [0.5, 0.6) is 0 Å². The fraction of sp³-hybridized carbons (Fsp3) is 0.286. The first-order valence-corrected chi connectivity index (χ1v) is 13.9. The highest BCUT2D eigenvalue weighted by molar-refractivity contribution is 7.92. The maximum Gasteiger partial charge on any atom is 0.264 e. The molecule has 0 bridgehead atoms. The molecular weight excluding hydrogens is 510 g/mol. The van der Waals surface area contributed by atoms with Gasteiger partial charge in [0.15, 0.2) is 0 Å². The maximum absolute atomic E-state index is 13.6.